The molecule has 0 bridgehead atoms. The topological polar surface area (TPSA) is 106 Å². The summed E-state index contributed by atoms with van der Waals surface area (Å²) in [5, 5.41) is 42.1. The van der Waals surface area contributed by atoms with Crippen molar-refractivity contribution in [1.29, 1.82) is 0 Å². The van der Waals surface area contributed by atoms with Gasteiger partial charge >= 0.3 is 266 Å². The van der Waals surface area contributed by atoms with Crippen molar-refractivity contribution in [2.45, 2.75) is 292 Å². The zero-order valence-electron chi connectivity index (χ0n) is 80.9. The quantitative estimate of drug-likeness (QED) is 0.0809. The van der Waals surface area contributed by atoms with Crippen LogP contribution in [-0.2, 0) is 156 Å². The number of aryl methyl sites for hydroxylation is 10. The van der Waals surface area contributed by atoms with Crippen LogP contribution >= 0.6 is 0 Å². The van der Waals surface area contributed by atoms with Crippen molar-refractivity contribution in [3.8, 4) is 67.5 Å². The number of phenols is 4. The summed E-state index contributed by atoms with van der Waals surface area (Å²) >= 11 is -1.52. The van der Waals surface area contributed by atoms with E-state index in [0.29, 0.717) is 44.5 Å². The predicted molar refractivity (Wildman–Crippen MR) is 529 cm³/mol. The van der Waals surface area contributed by atoms with Gasteiger partial charge in [-0.15, -0.1) is 0 Å². The molecule has 19 heteroatoms. The van der Waals surface area contributed by atoms with Crippen LogP contribution in [0, 0.1) is 88.1 Å². The maximum atomic E-state index is 14.5. The Balaban J connectivity index is 0.000000126. The molecule has 138 heavy (non-hydrogen) atoms. The zero-order chi connectivity index (χ0) is 98.2. The van der Waals surface area contributed by atoms with Gasteiger partial charge in [0.1, 0.15) is 23.3 Å². The van der Waals surface area contributed by atoms with Crippen LogP contribution < -0.4 is 0 Å². The van der Waals surface area contributed by atoms with Crippen LogP contribution in [0.3, 0.4) is 0 Å². The number of phenolic OH excluding ortho intramolecular Hbond substituents is 4. The molecule has 0 fully saturated rings. The third-order valence-electron chi connectivity index (χ3n) is 29.4. The van der Waals surface area contributed by atoms with Crippen LogP contribution in [0.15, 0.2) is 159 Å². The van der Waals surface area contributed by atoms with Crippen molar-refractivity contribution in [1.82, 2.24) is 0 Å². The average molecular weight is 2050 g/mol. The van der Waals surface area contributed by atoms with E-state index >= 15 is 0 Å². The molecule has 0 atom stereocenters. The van der Waals surface area contributed by atoms with Gasteiger partial charge in [-0.1, -0.05) is 0 Å². The van der Waals surface area contributed by atoms with Crippen LogP contribution in [0.5, 0.6) is 23.0 Å². The summed E-state index contributed by atoms with van der Waals surface area (Å²) in [6.07, 6.45) is 25.9. The van der Waals surface area contributed by atoms with Crippen LogP contribution in [0.1, 0.15) is 270 Å². The summed E-state index contributed by atoms with van der Waals surface area (Å²) in [6.45, 7) is 19.9. The average Bonchev–Trinajstić information content (AvgIpc) is 0.757. The van der Waals surface area contributed by atoms with E-state index < -0.39 is 70.8 Å². The molecule has 0 amide bonds. The molecule has 0 unspecified atom stereocenters. The van der Waals surface area contributed by atoms with Gasteiger partial charge in [0.25, 0.3) is 0 Å². The fourth-order valence-electron chi connectivity index (χ4n) is 21.8. The number of benzene rings is 12. The van der Waals surface area contributed by atoms with E-state index in [1.807, 2.05) is 30.3 Å². The molecule has 0 saturated heterocycles. The first-order chi connectivity index (χ1) is 66.1. The summed E-state index contributed by atoms with van der Waals surface area (Å²) in [4.78, 5) is 0. The van der Waals surface area contributed by atoms with Gasteiger partial charge in [0.05, 0.1) is 0 Å². The second-order valence-corrected chi connectivity index (χ2v) is 42.7. The molecule has 0 radical (unpaired) electrons. The van der Waals surface area contributed by atoms with E-state index in [1.165, 1.54) is 58.8 Å². The molecule has 12 aromatic rings. The minimum atomic E-state index is -4.36. The molecule has 8 aliphatic rings. The number of rotatable bonds is 10. The number of hydrogen-bond donors (Lipinski definition) is 4. The SMILES string of the molecule is CC(C)([CH]=[Mo]=[N]c1ccccc1C(F)(F)F)c1ccccc1.Cc1c(F)cc2c(c1-c1c(O)c(F)cc3c1CCCC3)CCCC2.Cc1c(F)cc2c(c1-c1c(O)c(F)cc3c1CCCC3)CCCC2.Cc1c(F)cc2c(c1-c1c(O)c(F)cc3c1CCCC3)CCCC2.Cc1c(F)cc2c(c1-c1c(O)c(F)cc3c1CCCC3)CCCC2.Cc1cccc(C)c1[N]=[Mo]=[CH]C(C)(C)c1ccccc1. The molecular formula is C119H125F11Mo2N2O4. The predicted octanol–water partition coefficient (Wildman–Crippen LogP) is 32.0. The van der Waals surface area contributed by atoms with Crippen LogP contribution in [0.2, 0.25) is 0 Å². The molecular weight excluding hydrogens is 1920 g/mol. The minimum absolute atomic E-state index is 0.0394. The Morgan fingerprint density at radius 1 is 0.261 bits per heavy atom. The Morgan fingerprint density at radius 3 is 0.732 bits per heavy atom. The van der Waals surface area contributed by atoms with Crippen LogP contribution in [0.25, 0.3) is 44.5 Å². The van der Waals surface area contributed by atoms with E-state index in [9.17, 15) is 68.7 Å². The van der Waals surface area contributed by atoms with Crippen LogP contribution in [-0.4, -0.2) is 29.2 Å². The van der Waals surface area contributed by atoms with E-state index in [4.69, 9.17) is 3.50 Å². The fraction of sp³-hybridized carbons (Fsp3) is 0.378. The molecule has 0 aliphatic heterocycles. The van der Waals surface area contributed by atoms with Gasteiger partial charge in [-0.25, -0.2) is 35.1 Å². The number of fused-ring (bicyclic) bond motifs is 8. The number of hydrogen-bond acceptors (Lipinski definition) is 6. The van der Waals surface area contributed by atoms with Gasteiger partial charge in [0, 0.05) is 22.3 Å². The second-order valence-electron chi connectivity index (χ2n) is 39.6. The van der Waals surface area contributed by atoms with Gasteiger partial charge in [-0.2, -0.15) is 0 Å². The second kappa shape index (κ2) is 44.7. The van der Waals surface area contributed by atoms with Crippen molar-refractivity contribution in [2.75, 3.05) is 0 Å². The van der Waals surface area contributed by atoms with Crippen molar-refractivity contribution in [3.05, 3.63) is 337 Å². The normalized spacial score (nSPS) is 15.1. The van der Waals surface area contributed by atoms with Crippen molar-refractivity contribution < 1.29 is 105 Å². The first-order valence-corrected chi connectivity index (χ1v) is 53.4. The fourth-order valence-corrected chi connectivity index (χ4v) is 25.7. The van der Waals surface area contributed by atoms with Gasteiger partial charge in [-0.3, -0.25) is 0 Å². The summed E-state index contributed by atoms with van der Waals surface area (Å²) in [5.41, 5.74) is 29.3. The molecule has 12 aromatic carbocycles. The molecule has 724 valence electrons. The van der Waals surface area contributed by atoms with Gasteiger partial charge < -0.3 is 20.4 Å². The Bertz CT molecular complexity index is 5870. The Labute approximate surface area is 822 Å². The van der Waals surface area contributed by atoms with Crippen molar-refractivity contribution in [3.63, 3.8) is 0 Å². The first-order valence-electron chi connectivity index (χ1n) is 49.3. The summed E-state index contributed by atoms with van der Waals surface area (Å²) in [5.74, 6) is -4.57. The standard InChI is InChI=1S/4C21H22F2O.2C10H12.C8H9N.C7H4F3N.2Mo/c4*1-12-17(22)10-13-6-2-4-8-15(13)19(12)20-16-9-5-3-7-14(16)11-18(23)21(20)24;2*1-10(2,3)9-7-5-4-6-8-9;1-6-4-3-5-7(2)8(6)9;8-7(9,10)5-3-1-2-4-6(5)11;;/h4*10-11,24H,2-9H2,1H3;2*1,4-8H,2-3H3;3-5H,1-2H3;1-4H;;. The maximum absolute atomic E-state index is 14.5. The molecule has 0 aromatic heterocycles. The molecule has 0 heterocycles. The first kappa shape index (κ1) is 102. The van der Waals surface area contributed by atoms with E-state index in [1.54, 1.807) is 58.0 Å². The molecule has 8 aliphatic carbocycles. The van der Waals surface area contributed by atoms with Crippen molar-refractivity contribution in [2.24, 2.45) is 6.99 Å². The van der Waals surface area contributed by atoms with E-state index in [2.05, 4.69) is 102 Å². The third kappa shape index (κ3) is 22.5. The van der Waals surface area contributed by atoms with E-state index in [-0.39, 0.29) is 62.8 Å². The molecule has 6 nitrogen and oxygen atoms in total. The van der Waals surface area contributed by atoms with Gasteiger partial charge in [0.15, 0.2) is 46.3 Å². The Hall–Kier alpha value is -10.2. The van der Waals surface area contributed by atoms with Crippen molar-refractivity contribution >= 4 is 20.2 Å². The molecule has 4 N–H and O–H groups in total. The summed E-state index contributed by atoms with van der Waals surface area (Å²) < 4.78 is 168. The van der Waals surface area contributed by atoms with Gasteiger partial charge in [0.2, 0.25) is 0 Å². The third-order valence-corrected chi connectivity index (χ3v) is 34.2. The zero-order valence-corrected chi connectivity index (χ0v) is 84.9. The van der Waals surface area contributed by atoms with Gasteiger partial charge in [-0.05, 0) is 415 Å². The Morgan fingerprint density at radius 2 is 0.478 bits per heavy atom. The number of halogens is 11. The molecule has 0 saturated carbocycles. The number of aromatic hydroxyl groups is 4. The number of nitrogens with zero attached hydrogens (tertiary/aromatic N) is 2. The summed E-state index contributed by atoms with van der Waals surface area (Å²) in [7, 11) is 0. The number of alkyl halides is 3. The monoisotopic (exact) mass is 2050 g/mol. The van der Waals surface area contributed by atoms with Crippen LogP contribution in [0.4, 0.5) is 59.7 Å². The Kier molecular flexibility index (Phi) is 33.1. The molecule has 20 rings (SSSR count). The molecule has 0 spiro atoms. The summed E-state index contributed by atoms with van der Waals surface area (Å²) in [6, 6.07) is 44.8. The van der Waals surface area contributed by atoms with E-state index in [0.717, 1.165) is 328 Å².